The minimum Gasteiger partial charge on any atom is -0.497 e. The predicted octanol–water partition coefficient (Wildman–Crippen LogP) is 3.28. The molecule has 0 aliphatic heterocycles. The Balaban J connectivity index is 3.01. The molecule has 0 unspecified atom stereocenters. The molecule has 0 aliphatic carbocycles. The van der Waals surface area contributed by atoms with Crippen LogP contribution in [0.15, 0.2) is 60.7 Å². The first-order valence-corrected chi connectivity index (χ1v) is 7.01. The van der Waals surface area contributed by atoms with Crippen molar-refractivity contribution < 1.29 is 19.5 Å². The lowest BCUT2D eigenvalue weighted by atomic mass is 10.1. The van der Waals surface area contributed by atoms with Crippen LogP contribution in [-0.4, -0.2) is 24.8 Å². The maximum Gasteiger partial charge on any atom is 0.267 e. The quantitative estimate of drug-likeness (QED) is 0.334. The van der Waals surface area contributed by atoms with Crippen LogP contribution < -0.4 is 15.0 Å². The first-order chi connectivity index (χ1) is 11.1. The second kappa shape index (κ2) is 10.0. The predicted molar refractivity (Wildman–Crippen MR) is 90.5 cm³/mol. The van der Waals surface area contributed by atoms with Crippen LogP contribution in [0.5, 0.6) is 11.5 Å². The van der Waals surface area contributed by atoms with Gasteiger partial charge in [0, 0.05) is 17.7 Å². The Labute approximate surface area is 136 Å². The molecule has 0 aliphatic rings. The van der Waals surface area contributed by atoms with Crippen molar-refractivity contribution in [3.63, 3.8) is 0 Å². The minimum atomic E-state index is -0.618. The van der Waals surface area contributed by atoms with E-state index in [4.69, 9.17) is 14.7 Å². The largest absolute Gasteiger partial charge is 0.497 e. The molecule has 0 saturated carbocycles. The molecule has 1 aromatic carbocycles. The molecule has 1 rings (SSSR count). The Morgan fingerprint density at radius 2 is 2.17 bits per heavy atom. The van der Waals surface area contributed by atoms with Crippen LogP contribution in [0.25, 0.3) is 6.08 Å². The van der Waals surface area contributed by atoms with E-state index in [0.29, 0.717) is 23.7 Å². The molecule has 2 N–H and O–H groups in total. The molecule has 0 saturated heterocycles. The summed E-state index contributed by atoms with van der Waals surface area (Å²) in [6, 6.07) is 5.26. The SMILES string of the molecule is C=C/C=C(\C=C/C)COc1cc(OC)ccc1/C=C/C(=O)NO. The van der Waals surface area contributed by atoms with Gasteiger partial charge in [0.1, 0.15) is 18.1 Å². The van der Waals surface area contributed by atoms with Crippen LogP contribution in [0.1, 0.15) is 12.5 Å². The van der Waals surface area contributed by atoms with E-state index >= 15 is 0 Å². The number of hydrogen-bond acceptors (Lipinski definition) is 4. The summed E-state index contributed by atoms with van der Waals surface area (Å²) in [6.45, 7) is 5.94. The first kappa shape index (κ1) is 18.3. The van der Waals surface area contributed by atoms with Gasteiger partial charge in [-0.15, -0.1) is 0 Å². The van der Waals surface area contributed by atoms with Crippen LogP contribution in [0, 0.1) is 0 Å². The van der Waals surface area contributed by atoms with E-state index in [1.54, 1.807) is 42.9 Å². The van der Waals surface area contributed by atoms with Gasteiger partial charge >= 0.3 is 0 Å². The number of carbonyl (C=O) groups excluding carboxylic acids is 1. The lowest BCUT2D eigenvalue weighted by Crippen LogP contribution is -2.14. The van der Waals surface area contributed by atoms with Gasteiger partial charge in [0.25, 0.3) is 5.91 Å². The van der Waals surface area contributed by atoms with Crippen molar-refractivity contribution in [2.45, 2.75) is 6.92 Å². The lowest BCUT2D eigenvalue weighted by Gasteiger charge is -2.11. The van der Waals surface area contributed by atoms with Crippen molar-refractivity contribution in [3.8, 4) is 11.5 Å². The van der Waals surface area contributed by atoms with E-state index in [-0.39, 0.29) is 0 Å². The average Bonchev–Trinajstić information content (AvgIpc) is 2.58. The molecule has 0 fully saturated rings. The maximum atomic E-state index is 11.1. The van der Waals surface area contributed by atoms with Gasteiger partial charge < -0.3 is 9.47 Å². The molecule has 1 aromatic rings. The highest BCUT2D eigenvalue weighted by Crippen LogP contribution is 2.26. The number of ether oxygens (including phenoxy) is 2. The van der Waals surface area contributed by atoms with Gasteiger partial charge in [-0.3, -0.25) is 10.0 Å². The fourth-order valence-corrected chi connectivity index (χ4v) is 1.79. The Morgan fingerprint density at radius 3 is 2.78 bits per heavy atom. The summed E-state index contributed by atoms with van der Waals surface area (Å²) in [7, 11) is 1.57. The Bertz CT molecular complexity index is 630. The van der Waals surface area contributed by atoms with Crippen LogP contribution >= 0.6 is 0 Å². The van der Waals surface area contributed by atoms with Gasteiger partial charge in [-0.05, 0) is 30.7 Å². The van der Waals surface area contributed by atoms with E-state index in [9.17, 15) is 4.79 Å². The first-order valence-electron chi connectivity index (χ1n) is 7.01. The van der Waals surface area contributed by atoms with Crippen LogP contribution in [0.2, 0.25) is 0 Å². The van der Waals surface area contributed by atoms with Crippen molar-refractivity contribution in [1.29, 1.82) is 0 Å². The Kier molecular flexibility index (Phi) is 7.96. The lowest BCUT2D eigenvalue weighted by molar-refractivity contribution is -0.124. The molecule has 0 aromatic heterocycles. The number of hydroxylamine groups is 1. The van der Waals surface area contributed by atoms with Crippen molar-refractivity contribution in [1.82, 2.24) is 5.48 Å². The molecule has 0 bridgehead atoms. The molecule has 1 amide bonds. The molecule has 5 heteroatoms. The number of hydrogen-bond donors (Lipinski definition) is 2. The monoisotopic (exact) mass is 315 g/mol. The van der Waals surface area contributed by atoms with Crippen molar-refractivity contribution in [2.24, 2.45) is 0 Å². The van der Waals surface area contributed by atoms with Gasteiger partial charge in [0.2, 0.25) is 0 Å². The van der Waals surface area contributed by atoms with Crippen LogP contribution in [0.3, 0.4) is 0 Å². The normalized spacial score (nSPS) is 11.7. The van der Waals surface area contributed by atoms with E-state index in [1.807, 2.05) is 25.2 Å². The summed E-state index contributed by atoms with van der Waals surface area (Å²) in [5.74, 6) is 0.586. The molecule has 122 valence electrons. The second-order valence-corrected chi connectivity index (χ2v) is 4.48. The third kappa shape index (κ3) is 6.23. The molecule has 0 spiro atoms. The van der Waals surface area contributed by atoms with Crippen LogP contribution in [-0.2, 0) is 4.79 Å². The summed E-state index contributed by atoms with van der Waals surface area (Å²) < 4.78 is 11.0. The highest BCUT2D eigenvalue weighted by atomic mass is 16.5. The second-order valence-electron chi connectivity index (χ2n) is 4.48. The van der Waals surface area contributed by atoms with Crippen molar-refractivity contribution in [3.05, 3.63) is 66.3 Å². The zero-order valence-electron chi connectivity index (χ0n) is 13.3. The fraction of sp³-hybridized carbons (Fsp3) is 0.167. The summed E-state index contributed by atoms with van der Waals surface area (Å²) in [6.07, 6.45) is 10.1. The van der Waals surface area contributed by atoms with Crippen LogP contribution in [0.4, 0.5) is 0 Å². The number of carbonyl (C=O) groups is 1. The highest BCUT2D eigenvalue weighted by Gasteiger charge is 2.05. The molecule has 5 nitrogen and oxygen atoms in total. The molecular formula is C18H21NO4. The summed E-state index contributed by atoms with van der Waals surface area (Å²) >= 11 is 0. The third-order valence-corrected chi connectivity index (χ3v) is 2.85. The third-order valence-electron chi connectivity index (χ3n) is 2.85. The van der Waals surface area contributed by atoms with Crippen molar-refractivity contribution >= 4 is 12.0 Å². The number of rotatable bonds is 8. The summed E-state index contributed by atoms with van der Waals surface area (Å²) in [5.41, 5.74) is 3.18. The highest BCUT2D eigenvalue weighted by molar-refractivity contribution is 5.91. The average molecular weight is 315 g/mol. The minimum absolute atomic E-state index is 0.344. The summed E-state index contributed by atoms with van der Waals surface area (Å²) in [4.78, 5) is 11.1. The fourth-order valence-electron chi connectivity index (χ4n) is 1.79. The maximum absolute atomic E-state index is 11.1. The van der Waals surface area contributed by atoms with Gasteiger partial charge in [-0.1, -0.05) is 30.9 Å². The number of nitrogens with one attached hydrogen (secondary N) is 1. The van der Waals surface area contributed by atoms with Gasteiger partial charge in [0.15, 0.2) is 0 Å². The number of allylic oxidation sites excluding steroid dienone is 3. The molecule has 23 heavy (non-hydrogen) atoms. The van der Waals surface area contributed by atoms with E-state index in [1.165, 1.54) is 6.08 Å². The molecular weight excluding hydrogens is 294 g/mol. The zero-order chi connectivity index (χ0) is 17.1. The topological polar surface area (TPSA) is 67.8 Å². The summed E-state index contributed by atoms with van der Waals surface area (Å²) in [5, 5.41) is 8.53. The van der Waals surface area contributed by atoms with Gasteiger partial charge in [-0.25, -0.2) is 5.48 Å². The Morgan fingerprint density at radius 1 is 1.39 bits per heavy atom. The van der Waals surface area contributed by atoms with E-state index < -0.39 is 5.91 Å². The number of methoxy groups -OCH3 is 1. The Hall–Kier alpha value is -2.79. The van der Waals surface area contributed by atoms with Gasteiger partial charge in [-0.2, -0.15) is 0 Å². The molecule has 0 atom stereocenters. The number of benzene rings is 1. The zero-order valence-corrected chi connectivity index (χ0v) is 13.3. The standard InChI is InChI=1S/C18H21NO4/c1-4-6-14(7-5-2)13-23-17-12-16(22-3)10-8-15(17)9-11-18(20)19-21/h4-12,21H,1,13H2,2-3H3,(H,19,20)/b7-5-,11-9+,14-6+. The van der Waals surface area contributed by atoms with E-state index in [0.717, 1.165) is 5.57 Å². The van der Waals surface area contributed by atoms with E-state index in [2.05, 4.69) is 6.58 Å². The molecule has 0 radical (unpaired) electrons. The number of amides is 1. The van der Waals surface area contributed by atoms with Gasteiger partial charge in [0.05, 0.1) is 7.11 Å². The molecule has 0 heterocycles. The van der Waals surface area contributed by atoms with Crippen molar-refractivity contribution in [2.75, 3.05) is 13.7 Å². The smallest absolute Gasteiger partial charge is 0.267 e.